The predicted molar refractivity (Wildman–Crippen MR) is 128 cm³/mol. The number of nitrogen functional groups attached to an aromatic ring is 1. The summed E-state index contributed by atoms with van der Waals surface area (Å²) in [6, 6.07) is 16.5. The lowest BCUT2D eigenvalue weighted by atomic mass is 10.0. The van der Waals surface area contributed by atoms with Crippen molar-refractivity contribution < 1.29 is 9.18 Å². The van der Waals surface area contributed by atoms with Crippen molar-refractivity contribution in [3.8, 4) is 0 Å². The maximum absolute atomic E-state index is 14.1. The lowest BCUT2D eigenvalue weighted by Crippen LogP contribution is -2.30. The monoisotopic (exact) mass is 466 g/mol. The highest BCUT2D eigenvalue weighted by atomic mass is 35.5. The number of carbonyl (C=O) groups excluding carboxylic acids is 1. The van der Waals surface area contributed by atoms with Gasteiger partial charge in [0.2, 0.25) is 0 Å². The molecular formula is C24H20ClFN4OS. The zero-order valence-electron chi connectivity index (χ0n) is 17.1. The molecule has 0 saturated heterocycles. The van der Waals surface area contributed by atoms with Crippen LogP contribution in [0.4, 0.5) is 15.8 Å². The maximum atomic E-state index is 14.1. The average molecular weight is 467 g/mol. The Morgan fingerprint density at radius 2 is 2.03 bits per heavy atom. The Labute approximate surface area is 193 Å². The normalized spacial score (nSPS) is 13.8. The fourth-order valence-electron chi connectivity index (χ4n) is 3.97. The summed E-state index contributed by atoms with van der Waals surface area (Å²) < 4.78 is 14.1. The number of fused-ring (bicyclic) bond motifs is 2. The molecular weight excluding hydrogens is 447 g/mol. The molecule has 0 unspecified atom stereocenters. The lowest BCUT2D eigenvalue weighted by molar-refractivity contribution is 0.103. The molecule has 1 aliphatic heterocycles. The van der Waals surface area contributed by atoms with Crippen molar-refractivity contribution in [3.05, 3.63) is 87.1 Å². The van der Waals surface area contributed by atoms with Crippen LogP contribution >= 0.6 is 22.9 Å². The summed E-state index contributed by atoms with van der Waals surface area (Å²) in [6.07, 6.45) is 0.841. The number of benzene rings is 2. The summed E-state index contributed by atoms with van der Waals surface area (Å²) in [5, 5.41) is 3.60. The second-order valence-corrected chi connectivity index (χ2v) is 9.25. The Kier molecular flexibility index (Phi) is 5.55. The van der Waals surface area contributed by atoms with Gasteiger partial charge >= 0.3 is 0 Å². The van der Waals surface area contributed by atoms with Gasteiger partial charge in [0.25, 0.3) is 5.91 Å². The molecule has 0 spiro atoms. The van der Waals surface area contributed by atoms with Crippen molar-refractivity contribution in [2.45, 2.75) is 19.5 Å². The minimum Gasteiger partial charge on any atom is -0.397 e. The van der Waals surface area contributed by atoms with Crippen molar-refractivity contribution in [2.75, 3.05) is 17.6 Å². The second kappa shape index (κ2) is 8.50. The first kappa shape index (κ1) is 20.9. The van der Waals surface area contributed by atoms with Crippen LogP contribution < -0.4 is 11.1 Å². The third-order valence-corrected chi connectivity index (χ3v) is 6.93. The van der Waals surface area contributed by atoms with E-state index in [1.807, 2.05) is 24.3 Å². The molecule has 0 atom stereocenters. The standard InChI is InChI=1S/C24H20ClFN4OS/c25-16-6-7-20(18(26)11-16)28-23(31)22-21(27)17-10-15-13-30(12-14-4-2-1-3-5-14)9-8-19(15)29-24(17)32-22/h1-7,10-11H,8-9,12-13,27H2,(H,28,31). The highest BCUT2D eigenvalue weighted by molar-refractivity contribution is 7.21. The number of amides is 1. The Morgan fingerprint density at radius 3 is 2.81 bits per heavy atom. The average Bonchev–Trinajstić information content (AvgIpc) is 3.10. The summed E-state index contributed by atoms with van der Waals surface area (Å²) in [7, 11) is 0. The fraction of sp³-hybridized carbons (Fsp3) is 0.167. The van der Waals surface area contributed by atoms with E-state index in [2.05, 4.69) is 22.3 Å². The number of aromatic nitrogens is 1. The Balaban J connectivity index is 1.40. The fourth-order valence-corrected chi connectivity index (χ4v) is 5.12. The number of nitrogens with two attached hydrogens (primary N) is 1. The molecule has 3 N–H and O–H groups in total. The van der Waals surface area contributed by atoms with Gasteiger partial charge in [0.05, 0.1) is 11.4 Å². The number of nitrogens with one attached hydrogen (secondary N) is 1. The predicted octanol–water partition coefficient (Wildman–Crippen LogP) is 5.48. The first-order valence-electron chi connectivity index (χ1n) is 10.2. The highest BCUT2D eigenvalue weighted by Crippen LogP contribution is 2.36. The van der Waals surface area contributed by atoms with E-state index in [-0.39, 0.29) is 10.7 Å². The van der Waals surface area contributed by atoms with Crippen LogP contribution in [0.5, 0.6) is 0 Å². The van der Waals surface area contributed by atoms with Gasteiger partial charge in [0.15, 0.2) is 0 Å². The third-order valence-electron chi connectivity index (χ3n) is 5.58. The Hall–Kier alpha value is -3.00. The van der Waals surface area contributed by atoms with E-state index in [0.29, 0.717) is 10.6 Å². The number of carbonyl (C=O) groups is 1. The Bertz CT molecular complexity index is 1320. The van der Waals surface area contributed by atoms with Crippen molar-refractivity contribution in [2.24, 2.45) is 0 Å². The molecule has 1 aliphatic rings. The molecule has 5 rings (SSSR count). The molecule has 0 fully saturated rings. The van der Waals surface area contributed by atoms with Crippen LogP contribution in [0, 0.1) is 5.82 Å². The van der Waals surface area contributed by atoms with Crippen LogP contribution in [0.15, 0.2) is 54.6 Å². The number of halogens is 2. The smallest absolute Gasteiger partial charge is 0.268 e. The zero-order chi connectivity index (χ0) is 22.2. The van der Waals surface area contributed by atoms with Gasteiger partial charge in [-0.25, -0.2) is 9.37 Å². The highest BCUT2D eigenvalue weighted by Gasteiger charge is 2.23. The van der Waals surface area contributed by atoms with Gasteiger partial charge in [0, 0.05) is 42.2 Å². The van der Waals surface area contributed by atoms with Crippen LogP contribution in [0.1, 0.15) is 26.5 Å². The quantitative estimate of drug-likeness (QED) is 0.417. The molecule has 2 aromatic carbocycles. The van der Waals surface area contributed by atoms with Crippen molar-refractivity contribution in [3.63, 3.8) is 0 Å². The number of hydrogen-bond acceptors (Lipinski definition) is 5. The second-order valence-electron chi connectivity index (χ2n) is 7.82. The van der Waals surface area contributed by atoms with E-state index < -0.39 is 11.7 Å². The van der Waals surface area contributed by atoms with Gasteiger partial charge in [-0.05, 0) is 35.4 Å². The van der Waals surface area contributed by atoms with E-state index >= 15 is 0 Å². The molecule has 0 radical (unpaired) electrons. The topological polar surface area (TPSA) is 71.2 Å². The van der Waals surface area contributed by atoms with Crippen molar-refractivity contribution in [1.82, 2.24) is 9.88 Å². The zero-order valence-corrected chi connectivity index (χ0v) is 18.6. The van der Waals surface area contributed by atoms with Crippen molar-refractivity contribution >= 4 is 50.4 Å². The largest absolute Gasteiger partial charge is 0.397 e. The van der Waals surface area contributed by atoms with Crippen LogP contribution in [0.3, 0.4) is 0 Å². The van der Waals surface area contributed by atoms with Gasteiger partial charge < -0.3 is 11.1 Å². The van der Waals surface area contributed by atoms with Crippen molar-refractivity contribution in [1.29, 1.82) is 0 Å². The van der Waals surface area contributed by atoms with E-state index in [0.717, 1.165) is 53.6 Å². The van der Waals surface area contributed by atoms with Crippen LogP contribution in [-0.4, -0.2) is 22.3 Å². The van der Waals surface area contributed by atoms with Crippen LogP contribution in [0.2, 0.25) is 5.02 Å². The number of nitrogens with zero attached hydrogens (tertiary/aromatic N) is 2. The van der Waals surface area contributed by atoms with Gasteiger partial charge in [-0.1, -0.05) is 41.9 Å². The van der Waals surface area contributed by atoms with Gasteiger partial charge in [0.1, 0.15) is 15.5 Å². The van der Waals surface area contributed by atoms with E-state index in [9.17, 15) is 9.18 Å². The summed E-state index contributed by atoms with van der Waals surface area (Å²) in [6.45, 7) is 2.57. The first-order chi connectivity index (χ1) is 15.5. The summed E-state index contributed by atoms with van der Waals surface area (Å²) in [5.41, 5.74) is 10.2. The molecule has 0 aliphatic carbocycles. The molecule has 5 nitrogen and oxygen atoms in total. The van der Waals surface area contributed by atoms with Gasteiger partial charge in [-0.15, -0.1) is 11.3 Å². The SMILES string of the molecule is Nc1c(C(=O)Nc2ccc(Cl)cc2F)sc2nc3c(cc12)CN(Cc1ccccc1)CC3. The summed E-state index contributed by atoms with van der Waals surface area (Å²) in [4.78, 5) is 21.0. The number of anilines is 2. The van der Waals surface area contributed by atoms with E-state index in [1.165, 1.54) is 29.0 Å². The summed E-state index contributed by atoms with van der Waals surface area (Å²) in [5.74, 6) is -1.06. The van der Waals surface area contributed by atoms with E-state index in [1.54, 1.807) is 0 Å². The lowest BCUT2D eigenvalue weighted by Gasteiger charge is -2.28. The summed E-state index contributed by atoms with van der Waals surface area (Å²) >= 11 is 7.01. The molecule has 8 heteroatoms. The number of thiophene rings is 1. The molecule has 3 heterocycles. The number of hydrogen-bond donors (Lipinski definition) is 2. The number of rotatable bonds is 4. The Morgan fingerprint density at radius 1 is 1.22 bits per heavy atom. The van der Waals surface area contributed by atoms with Crippen LogP contribution in [0.25, 0.3) is 10.2 Å². The minimum atomic E-state index is -0.599. The molecule has 32 heavy (non-hydrogen) atoms. The molecule has 1 amide bonds. The first-order valence-corrected chi connectivity index (χ1v) is 11.4. The number of pyridine rings is 1. The van der Waals surface area contributed by atoms with Crippen LogP contribution in [-0.2, 0) is 19.5 Å². The van der Waals surface area contributed by atoms with E-state index in [4.69, 9.17) is 22.3 Å². The maximum Gasteiger partial charge on any atom is 0.268 e. The molecule has 162 valence electrons. The van der Waals surface area contributed by atoms with Gasteiger partial charge in [-0.2, -0.15) is 0 Å². The molecule has 0 saturated carbocycles. The molecule has 4 aromatic rings. The minimum absolute atomic E-state index is 0.0556. The molecule has 2 aromatic heterocycles. The van der Waals surface area contributed by atoms with Gasteiger partial charge in [-0.3, -0.25) is 9.69 Å². The third kappa shape index (κ3) is 4.07. The molecule has 0 bridgehead atoms.